The van der Waals surface area contributed by atoms with Crippen molar-refractivity contribution in [3.63, 3.8) is 0 Å². The summed E-state index contributed by atoms with van der Waals surface area (Å²) in [6.07, 6.45) is 3.66. The summed E-state index contributed by atoms with van der Waals surface area (Å²) in [6, 6.07) is 20.9. The van der Waals surface area contributed by atoms with Gasteiger partial charge in [0.15, 0.2) is 11.5 Å². The molecule has 0 aromatic heterocycles. The lowest BCUT2D eigenvalue weighted by atomic mass is 10.1. The normalized spacial score (nSPS) is 19.3. The van der Waals surface area contributed by atoms with Crippen molar-refractivity contribution in [2.45, 2.75) is 56.4 Å². The lowest BCUT2D eigenvalue weighted by molar-refractivity contribution is -0.00716. The van der Waals surface area contributed by atoms with Gasteiger partial charge in [-0.2, -0.15) is 0 Å². The van der Waals surface area contributed by atoms with E-state index in [-0.39, 0.29) is 36.5 Å². The van der Waals surface area contributed by atoms with Gasteiger partial charge in [-0.05, 0) is 72.7 Å². The number of benzene rings is 3. The van der Waals surface area contributed by atoms with Gasteiger partial charge < -0.3 is 24.4 Å². The van der Waals surface area contributed by atoms with Crippen LogP contribution < -0.4 is 14.8 Å². The highest BCUT2D eigenvalue weighted by atomic mass is 16.5. The van der Waals surface area contributed by atoms with Crippen LogP contribution in [0.15, 0.2) is 71.8 Å². The summed E-state index contributed by atoms with van der Waals surface area (Å²) in [5.74, 6) is 1.01. The second kappa shape index (κ2) is 14.2. The number of carbonyl (C=O) groups is 2. The molecule has 3 unspecified atom stereocenters. The van der Waals surface area contributed by atoms with Crippen molar-refractivity contribution in [2.24, 2.45) is 5.11 Å². The third-order valence-corrected chi connectivity index (χ3v) is 9.43. The summed E-state index contributed by atoms with van der Waals surface area (Å²) in [5.41, 5.74) is 14.0. The van der Waals surface area contributed by atoms with Crippen LogP contribution in [0.5, 0.6) is 11.5 Å². The van der Waals surface area contributed by atoms with Crippen LogP contribution in [0, 0.1) is 0 Å². The predicted molar refractivity (Wildman–Crippen MR) is 173 cm³/mol. The Kier molecular flexibility index (Phi) is 9.73. The topological polar surface area (TPSA) is 129 Å². The van der Waals surface area contributed by atoms with Crippen LogP contribution >= 0.6 is 0 Å². The number of carbonyl (C=O) groups excluding carboxylic acids is 2. The number of amides is 2. The minimum atomic E-state index is -0.521. The Balaban J connectivity index is 1.14. The highest BCUT2D eigenvalue weighted by Gasteiger charge is 2.40. The maximum atomic E-state index is 13.2. The predicted octanol–water partition coefficient (Wildman–Crippen LogP) is 4.79. The summed E-state index contributed by atoms with van der Waals surface area (Å²) in [5, 5.41) is 7.04. The van der Waals surface area contributed by atoms with Crippen LogP contribution in [0.2, 0.25) is 0 Å². The first-order chi connectivity index (χ1) is 22.5. The second-order valence-electron chi connectivity index (χ2n) is 12.2. The van der Waals surface area contributed by atoms with Gasteiger partial charge in [0.25, 0.3) is 11.8 Å². The fourth-order valence-electron chi connectivity index (χ4n) is 7.11. The molecule has 2 saturated heterocycles. The van der Waals surface area contributed by atoms with Crippen LogP contribution in [0.1, 0.15) is 50.2 Å². The van der Waals surface area contributed by atoms with Gasteiger partial charge in [0, 0.05) is 47.3 Å². The molecule has 0 saturated carbocycles. The molecule has 3 aromatic rings. The number of rotatable bonds is 12. The van der Waals surface area contributed by atoms with Gasteiger partial charge in [-0.3, -0.25) is 14.5 Å². The van der Waals surface area contributed by atoms with Gasteiger partial charge in [0.05, 0.1) is 45.6 Å². The molecule has 0 radical (unpaired) electrons. The molecule has 11 heteroatoms. The SMILES string of the molecule is COc1cccc(CN(CC(CNC(=O)c2ccc(C(=O)N3C4CCC3COC4)cc2)N=[N+]=[N-])C2Cc3ccccc3C2)c1OC. The molecule has 240 valence electrons. The molecule has 2 aliphatic heterocycles. The van der Waals surface area contributed by atoms with Crippen molar-refractivity contribution in [3.8, 4) is 11.5 Å². The Morgan fingerprint density at radius 3 is 2.28 bits per heavy atom. The van der Waals surface area contributed by atoms with Gasteiger partial charge in [0.1, 0.15) is 0 Å². The molecule has 3 atom stereocenters. The Morgan fingerprint density at radius 2 is 1.65 bits per heavy atom. The first-order valence-corrected chi connectivity index (χ1v) is 15.8. The van der Waals surface area contributed by atoms with Crippen LogP contribution in [0.3, 0.4) is 0 Å². The Bertz CT molecular complexity index is 1570. The van der Waals surface area contributed by atoms with Crippen molar-refractivity contribution in [1.29, 1.82) is 0 Å². The van der Waals surface area contributed by atoms with Crippen LogP contribution in [-0.4, -0.2) is 86.3 Å². The first kappa shape index (κ1) is 31.4. The Morgan fingerprint density at radius 1 is 0.978 bits per heavy atom. The number of nitrogens with one attached hydrogen (secondary N) is 1. The molecule has 3 aliphatic rings. The lowest BCUT2D eigenvalue weighted by Crippen LogP contribution is -2.49. The molecule has 6 rings (SSSR count). The van der Waals surface area contributed by atoms with E-state index in [1.807, 2.05) is 23.1 Å². The minimum Gasteiger partial charge on any atom is -0.493 e. The summed E-state index contributed by atoms with van der Waals surface area (Å²) in [6.45, 7) is 2.29. The standard InChI is InChI=1S/C35H40N6O5/c1-44-32-9-5-8-27(33(32)45-2)19-40(31-16-25-6-3-4-7-26(25)17-31)20-28(38-39-36)18-37-34(42)23-10-12-24(13-11-23)35(43)41-29-14-15-30(41)22-46-21-29/h3-13,28-31H,14-22H2,1-2H3,(H,37,42). The van der Waals surface area contributed by atoms with Gasteiger partial charge in [0.2, 0.25) is 0 Å². The molecule has 2 bridgehead atoms. The van der Waals surface area contributed by atoms with E-state index in [1.54, 1.807) is 38.5 Å². The fourth-order valence-corrected chi connectivity index (χ4v) is 7.11. The number of methoxy groups -OCH3 is 2. The van der Waals surface area contributed by atoms with Crippen LogP contribution in [0.4, 0.5) is 0 Å². The van der Waals surface area contributed by atoms with Crippen molar-refractivity contribution < 1.29 is 23.8 Å². The van der Waals surface area contributed by atoms with Gasteiger partial charge in [-0.25, -0.2) is 0 Å². The second-order valence-corrected chi connectivity index (χ2v) is 12.2. The zero-order valence-corrected chi connectivity index (χ0v) is 26.3. The number of nitrogens with zero attached hydrogens (tertiary/aromatic N) is 5. The zero-order chi connectivity index (χ0) is 32.0. The van der Waals surface area contributed by atoms with E-state index in [1.165, 1.54) is 11.1 Å². The average molecular weight is 625 g/mol. The summed E-state index contributed by atoms with van der Waals surface area (Å²) >= 11 is 0. The quantitative estimate of drug-likeness (QED) is 0.175. The van der Waals surface area contributed by atoms with Gasteiger partial charge in [-0.1, -0.05) is 41.5 Å². The van der Waals surface area contributed by atoms with E-state index < -0.39 is 6.04 Å². The largest absolute Gasteiger partial charge is 0.493 e. The third-order valence-electron chi connectivity index (χ3n) is 9.43. The van der Waals surface area contributed by atoms with Crippen molar-refractivity contribution in [2.75, 3.05) is 40.5 Å². The van der Waals surface area contributed by atoms with E-state index in [0.717, 1.165) is 31.2 Å². The molecule has 11 nitrogen and oxygen atoms in total. The highest BCUT2D eigenvalue weighted by molar-refractivity contribution is 5.98. The molecular formula is C35H40N6O5. The third kappa shape index (κ3) is 6.67. The molecule has 2 fully saturated rings. The van der Waals surface area contributed by atoms with E-state index in [9.17, 15) is 15.1 Å². The molecule has 3 aromatic carbocycles. The molecule has 0 spiro atoms. The minimum absolute atomic E-state index is 0.0204. The molecule has 1 N–H and O–H groups in total. The molecular weight excluding hydrogens is 584 g/mol. The number of fused-ring (bicyclic) bond motifs is 3. The summed E-state index contributed by atoms with van der Waals surface area (Å²) < 4.78 is 16.9. The maximum absolute atomic E-state index is 13.2. The van der Waals surface area contributed by atoms with Gasteiger partial charge in [-0.15, -0.1) is 0 Å². The molecule has 2 heterocycles. The molecule has 46 heavy (non-hydrogen) atoms. The average Bonchev–Trinajstić information content (AvgIpc) is 3.63. The number of morpholine rings is 1. The summed E-state index contributed by atoms with van der Waals surface area (Å²) in [7, 11) is 3.25. The smallest absolute Gasteiger partial charge is 0.254 e. The lowest BCUT2D eigenvalue weighted by Gasteiger charge is -2.34. The monoisotopic (exact) mass is 624 g/mol. The maximum Gasteiger partial charge on any atom is 0.254 e. The van der Waals surface area contributed by atoms with Crippen LogP contribution in [-0.2, 0) is 24.1 Å². The van der Waals surface area contributed by atoms with Crippen LogP contribution in [0.25, 0.3) is 10.4 Å². The van der Waals surface area contributed by atoms with E-state index in [4.69, 9.17) is 14.2 Å². The number of para-hydroxylation sites is 1. The Labute approximate surface area is 269 Å². The van der Waals surface area contributed by atoms with E-state index in [0.29, 0.717) is 48.9 Å². The van der Waals surface area contributed by atoms with Crippen molar-refractivity contribution in [3.05, 3.63) is 105 Å². The number of hydrogen-bond donors (Lipinski definition) is 1. The number of azide groups is 1. The number of hydrogen-bond acceptors (Lipinski definition) is 7. The van der Waals surface area contributed by atoms with Crippen molar-refractivity contribution in [1.82, 2.24) is 15.1 Å². The Hall–Kier alpha value is -4.57. The molecule has 1 aliphatic carbocycles. The van der Waals surface area contributed by atoms with Gasteiger partial charge >= 0.3 is 0 Å². The van der Waals surface area contributed by atoms with E-state index in [2.05, 4.69) is 44.5 Å². The first-order valence-electron chi connectivity index (χ1n) is 15.8. The fraction of sp³-hybridized carbons (Fsp3) is 0.429. The van der Waals surface area contributed by atoms with Crippen molar-refractivity contribution >= 4 is 11.8 Å². The van der Waals surface area contributed by atoms with E-state index >= 15 is 0 Å². The molecule has 2 amide bonds. The zero-order valence-electron chi connectivity index (χ0n) is 26.3. The number of ether oxygens (including phenoxy) is 3. The highest BCUT2D eigenvalue weighted by Crippen LogP contribution is 2.34. The summed E-state index contributed by atoms with van der Waals surface area (Å²) in [4.78, 5) is 33.8.